The lowest BCUT2D eigenvalue weighted by molar-refractivity contribution is 0.177. The summed E-state index contributed by atoms with van der Waals surface area (Å²) in [4.78, 5) is 2.28. The molecular weight excluding hydrogens is 236 g/mol. The molecular formula is C16H26N2O. The first kappa shape index (κ1) is 14.4. The number of ether oxygens (including phenoxy) is 1. The number of nitrogens with zero attached hydrogens (tertiary/aromatic N) is 1. The van der Waals surface area contributed by atoms with Gasteiger partial charge in [0.25, 0.3) is 0 Å². The molecule has 0 amide bonds. The molecule has 3 heteroatoms. The van der Waals surface area contributed by atoms with Crippen molar-refractivity contribution >= 4 is 0 Å². The van der Waals surface area contributed by atoms with Crippen LogP contribution in [0.5, 0.6) is 5.75 Å². The summed E-state index contributed by atoms with van der Waals surface area (Å²) >= 11 is 0. The molecule has 0 saturated heterocycles. The second kappa shape index (κ2) is 5.51. The summed E-state index contributed by atoms with van der Waals surface area (Å²) in [6, 6.07) is 6.99. The molecule has 0 aromatic heterocycles. The Labute approximate surface area is 116 Å². The summed E-state index contributed by atoms with van der Waals surface area (Å²) in [5.41, 5.74) is 2.73. The van der Waals surface area contributed by atoms with Gasteiger partial charge in [-0.3, -0.25) is 0 Å². The minimum absolute atomic E-state index is 0.0211. The van der Waals surface area contributed by atoms with E-state index in [2.05, 4.69) is 56.4 Å². The fourth-order valence-electron chi connectivity index (χ4n) is 3.05. The van der Waals surface area contributed by atoms with E-state index in [-0.39, 0.29) is 5.54 Å². The maximum absolute atomic E-state index is 5.70. The van der Waals surface area contributed by atoms with Gasteiger partial charge < -0.3 is 15.0 Å². The van der Waals surface area contributed by atoms with Crippen molar-refractivity contribution in [2.45, 2.75) is 38.3 Å². The highest BCUT2D eigenvalue weighted by molar-refractivity contribution is 5.40. The molecule has 1 aromatic rings. The Morgan fingerprint density at radius 1 is 1.32 bits per heavy atom. The molecule has 0 aliphatic carbocycles. The largest absolute Gasteiger partial charge is 0.493 e. The van der Waals surface area contributed by atoms with Crippen molar-refractivity contribution in [3.05, 3.63) is 29.3 Å². The number of hydrogen-bond acceptors (Lipinski definition) is 3. The van der Waals surface area contributed by atoms with Crippen LogP contribution >= 0.6 is 0 Å². The SMILES string of the molecule is CNC(C)(C)C(c1ccc2c(c1)CCCO2)N(C)C. The molecule has 2 rings (SSSR count). The van der Waals surface area contributed by atoms with E-state index in [1.54, 1.807) is 0 Å². The zero-order chi connectivity index (χ0) is 14.0. The highest BCUT2D eigenvalue weighted by Gasteiger charge is 2.31. The van der Waals surface area contributed by atoms with Crippen LogP contribution in [-0.4, -0.2) is 38.2 Å². The minimum atomic E-state index is 0.0211. The molecule has 19 heavy (non-hydrogen) atoms. The number of aryl methyl sites for hydroxylation is 1. The second-order valence-corrected chi connectivity index (χ2v) is 6.16. The van der Waals surface area contributed by atoms with Gasteiger partial charge in [0.15, 0.2) is 0 Å². The van der Waals surface area contributed by atoms with E-state index in [1.807, 2.05) is 7.05 Å². The monoisotopic (exact) mass is 262 g/mol. The molecule has 1 unspecified atom stereocenters. The highest BCUT2D eigenvalue weighted by Crippen LogP contribution is 2.34. The van der Waals surface area contributed by atoms with Crippen LogP contribution in [0.3, 0.4) is 0 Å². The Kier molecular flexibility index (Phi) is 4.16. The molecule has 1 N–H and O–H groups in total. The van der Waals surface area contributed by atoms with Crippen LogP contribution in [0.1, 0.15) is 37.4 Å². The molecule has 1 aliphatic heterocycles. The summed E-state index contributed by atoms with van der Waals surface area (Å²) in [6.07, 6.45) is 2.25. The highest BCUT2D eigenvalue weighted by atomic mass is 16.5. The third-order valence-corrected chi connectivity index (χ3v) is 4.09. The molecule has 1 atom stereocenters. The Hall–Kier alpha value is -1.06. The lowest BCUT2D eigenvalue weighted by Gasteiger charge is -2.39. The zero-order valence-electron chi connectivity index (χ0n) is 12.8. The van der Waals surface area contributed by atoms with Gasteiger partial charge >= 0.3 is 0 Å². The van der Waals surface area contributed by atoms with Crippen LogP contribution in [-0.2, 0) is 6.42 Å². The fraction of sp³-hybridized carbons (Fsp3) is 0.625. The maximum atomic E-state index is 5.70. The molecule has 3 nitrogen and oxygen atoms in total. The molecule has 106 valence electrons. The third kappa shape index (κ3) is 2.93. The van der Waals surface area contributed by atoms with Crippen molar-refractivity contribution in [2.24, 2.45) is 0 Å². The van der Waals surface area contributed by atoms with Crippen molar-refractivity contribution in [3.63, 3.8) is 0 Å². The summed E-state index contributed by atoms with van der Waals surface area (Å²) in [6.45, 7) is 5.34. The van der Waals surface area contributed by atoms with E-state index in [4.69, 9.17) is 4.74 Å². The molecule has 1 heterocycles. The standard InChI is InChI=1S/C16H26N2O/c1-16(2,17-3)15(18(4)5)13-8-9-14-12(11-13)7-6-10-19-14/h8-9,11,15,17H,6-7,10H2,1-5H3. The van der Waals surface area contributed by atoms with Gasteiger partial charge in [-0.15, -0.1) is 0 Å². The van der Waals surface area contributed by atoms with Crippen LogP contribution in [0.4, 0.5) is 0 Å². The molecule has 1 aliphatic rings. The quantitative estimate of drug-likeness (QED) is 0.902. The van der Waals surface area contributed by atoms with Gasteiger partial charge in [-0.1, -0.05) is 12.1 Å². The summed E-state index contributed by atoms with van der Waals surface area (Å²) in [5, 5.41) is 3.43. The van der Waals surface area contributed by atoms with Gasteiger partial charge in [-0.05, 0) is 65.0 Å². The van der Waals surface area contributed by atoms with Crippen molar-refractivity contribution < 1.29 is 4.74 Å². The predicted molar refractivity (Wildman–Crippen MR) is 79.8 cm³/mol. The number of likely N-dealkylation sites (N-methyl/N-ethyl adjacent to an activating group) is 2. The number of fused-ring (bicyclic) bond motifs is 1. The Bertz CT molecular complexity index is 440. The smallest absolute Gasteiger partial charge is 0.122 e. The van der Waals surface area contributed by atoms with Gasteiger partial charge in [-0.25, -0.2) is 0 Å². The number of rotatable bonds is 4. The Morgan fingerprint density at radius 3 is 2.68 bits per heavy atom. The van der Waals surface area contributed by atoms with Gasteiger partial charge in [0.1, 0.15) is 5.75 Å². The summed E-state index contributed by atoms with van der Waals surface area (Å²) in [7, 11) is 6.30. The van der Waals surface area contributed by atoms with Crippen LogP contribution in [0.25, 0.3) is 0 Å². The summed E-state index contributed by atoms with van der Waals surface area (Å²) in [5.74, 6) is 1.06. The van der Waals surface area contributed by atoms with Gasteiger partial charge in [0.05, 0.1) is 12.6 Å². The van der Waals surface area contributed by atoms with Crippen molar-refractivity contribution in [2.75, 3.05) is 27.7 Å². The average Bonchev–Trinajstić information content (AvgIpc) is 2.38. The molecule has 0 bridgehead atoms. The number of nitrogens with one attached hydrogen (secondary N) is 1. The van der Waals surface area contributed by atoms with Crippen LogP contribution in [0, 0.1) is 0 Å². The van der Waals surface area contributed by atoms with Crippen LogP contribution in [0.15, 0.2) is 18.2 Å². The number of benzene rings is 1. The minimum Gasteiger partial charge on any atom is -0.493 e. The second-order valence-electron chi connectivity index (χ2n) is 6.16. The third-order valence-electron chi connectivity index (χ3n) is 4.09. The van der Waals surface area contributed by atoms with Crippen molar-refractivity contribution in [3.8, 4) is 5.75 Å². The summed E-state index contributed by atoms with van der Waals surface area (Å²) < 4.78 is 5.70. The normalized spacial score (nSPS) is 16.9. The Balaban J connectivity index is 2.37. The van der Waals surface area contributed by atoms with Crippen molar-refractivity contribution in [1.82, 2.24) is 10.2 Å². The molecule has 0 saturated carbocycles. The van der Waals surface area contributed by atoms with E-state index in [9.17, 15) is 0 Å². The van der Waals surface area contributed by atoms with Gasteiger partial charge in [-0.2, -0.15) is 0 Å². The van der Waals surface area contributed by atoms with Crippen LogP contribution in [0.2, 0.25) is 0 Å². The van der Waals surface area contributed by atoms with E-state index in [0.29, 0.717) is 6.04 Å². The van der Waals surface area contributed by atoms with E-state index < -0.39 is 0 Å². The molecule has 0 radical (unpaired) electrons. The lowest BCUT2D eigenvalue weighted by atomic mass is 9.86. The average molecular weight is 262 g/mol. The Morgan fingerprint density at radius 2 is 2.05 bits per heavy atom. The zero-order valence-corrected chi connectivity index (χ0v) is 12.8. The number of hydrogen-bond donors (Lipinski definition) is 1. The molecule has 0 spiro atoms. The topological polar surface area (TPSA) is 24.5 Å². The first-order valence-electron chi connectivity index (χ1n) is 7.06. The van der Waals surface area contributed by atoms with Gasteiger partial charge in [0.2, 0.25) is 0 Å². The predicted octanol–water partition coefficient (Wildman–Crippen LogP) is 2.61. The fourth-order valence-corrected chi connectivity index (χ4v) is 3.05. The first-order valence-corrected chi connectivity index (χ1v) is 7.06. The van der Waals surface area contributed by atoms with Crippen molar-refractivity contribution in [1.29, 1.82) is 0 Å². The van der Waals surface area contributed by atoms with E-state index in [1.165, 1.54) is 11.1 Å². The van der Waals surface area contributed by atoms with E-state index in [0.717, 1.165) is 25.2 Å². The van der Waals surface area contributed by atoms with E-state index >= 15 is 0 Å². The first-order chi connectivity index (χ1) is 8.95. The molecule has 0 fully saturated rings. The van der Waals surface area contributed by atoms with Gasteiger partial charge in [0, 0.05) is 5.54 Å². The maximum Gasteiger partial charge on any atom is 0.122 e. The lowest BCUT2D eigenvalue weighted by Crippen LogP contribution is -2.48. The molecule has 1 aromatic carbocycles. The van der Waals surface area contributed by atoms with Crippen LogP contribution < -0.4 is 10.1 Å².